The lowest BCUT2D eigenvalue weighted by atomic mass is 10.3. The lowest BCUT2D eigenvalue weighted by Gasteiger charge is -2.06. The van der Waals surface area contributed by atoms with Crippen molar-refractivity contribution >= 4 is 31.3 Å². The van der Waals surface area contributed by atoms with Crippen molar-refractivity contribution in [2.24, 2.45) is 5.73 Å². The van der Waals surface area contributed by atoms with Gasteiger partial charge in [0.25, 0.3) is 15.0 Å². The quantitative estimate of drug-likeness (QED) is 0.479. The number of carbonyl (C=O) groups excluding carboxylic acids is 1. The maximum Gasteiger partial charge on any atom is 0.312 e. The highest BCUT2D eigenvalue weighted by molar-refractivity contribution is 8.13. The van der Waals surface area contributed by atoms with Crippen LogP contribution in [0.25, 0.3) is 0 Å². The van der Waals surface area contributed by atoms with Gasteiger partial charge in [0, 0.05) is 22.8 Å². The zero-order valence-electron chi connectivity index (χ0n) is 9.00. The van der Waals surface area contributed by atoms with Gasteiger partial charge < -0.3 is 10.5 Å². The summed E-state index contributed by atoms with van der Waals surface area (Å²) < 4.78 is 40.0. The molecule has 0 saturated heterocycles. The molecule has 8 nitrogen and oxygen atoms in total. The number of ether oxygens (including phenoxy) is 1. The fourth-order valence-corrected chi connectivity index (χ4v) is 2.02. The summed E-state index contributed by atoms with van der Waals surface area (Å²) in [5.74, 6) is -2.92. The number of primary amides is 1. The van der Waals surface area contributed by atoms with Crippen LogP contribution in [-0.4, -0.2) is 25.9 Å². The van der Waals surface area contributed by atoms with Crippen molar-refractivity contribution in [1.82, 2.24) is 0 Å². The molecule has 11 heteroatoms. The van der Waals surface area contributed by atoms with E-state index >= 15 is 0 Å². The number of nitrogens with zero attached hydrogens (tertiary/aromatic N) is 1. The maximum atomic E-state index is 13.4. The molecule has 0 aromatic heterocycles. The van der Waals surface area contributed by atoms with Gasteiger partial charge >= 0.3 is 5.69 Å². The first kappa shape index (κ1) is 15.1. The molecule has 0 fully saturated rings. The fourth-order valence-electron chi connectivity index (χ4n) is 1.12. The molecule has 0 aliphatic rings. The van der Waals surface area contributed by atoms with E-state index in [-0.39, 0.29) is 0 Å². The molecule has 104 valence electrons. The predicted molar refractivity (Wildman–Crippen MR) is 60.8 cm³/mol. The third-order valence-electron chi connectivity index (χ3n) is 1.84. The second-order valence-electron chi connectivity index (χ2n) is 3.20. The smallest absolute Gasteiger partial charge is 0.312 e. The van der Waals surface area contributed by atoms with Crippen molar-refractivity contribution < 1.29 is 27.3 Å². The molecular formula is C8H6ClFN2O6S. The van der Waals surface area contributed by atoms with Crippen LogP contribution in [0.15, 0.2) is 17.0 Å². The first-order valence-corrected chi connectivity index (χ1v) is 6.77. The topological polar surface area (TPSA) is 130 Å². The molecule has 0 saturated carbocycles. The second kappa shape index (κ2) is 5.36. The number of nitro groups is 1. The third-order valence-corrected chi connectivity index (χ3v) is 3.18. The van der Waals surface area contributed by atoms with Gasteiger partial charge in [-0.3, -0.25) is 14.9 Å². The van der Waals surface area contributed by atoms with E-state index < -0.39 is 48.6 Å². The summed E-state index contributed by atoms with van der Waals surface area (Å²) in [7, 11) is 0.423. The van der Waals surface area contributed by atoms with Gasteiger partial charge in [0.2, 0.25) is 5.75 Å². The fraction of sp³-hybridized carbons (Fsp3) is 0.125. The molecule has 0 atom stereocenters. The van der Waals surface area contributed by atoms with Gasteiger partial charge in [-0.15, -0.1) is 0 Å². The van der Waals surface area contributed by atoms with Gasteiger partial charge in [0.15, 0.2) is 6.61 Å². The van der Waals surface area contributed by atoms with E-state index in [1.165, 1.54) is 0 Å². The van der Waals surface area contributed by atoms with Gasteiger partial charge in [0.1, 0.15) is 10.7 Å². The van der Waals surface area contributed by atoms with E-state index in [0.717, 1.165) is 0 Å². The number of nitro benzene ring substituents is 1. The second-order valence-corrected chi connectivity index (χ2v) is 5.73. The molecule has 1 amide bonds. The van der Waals surface area contributed by atoms with Crippen LogP contribution in [0.2, 0.25) is 0 Å². The Morgan fingerprint density at radius 1 is 1.53 bits per heavy atom. The van der Waals surface area contributed by atoms with Crippen molar-refractivity contribution in [3.05, 3.63) is 28.1 Å². The van der Waals surface area contributed by atoms with Crippen LogP contribution in [0.3, 0.4) is 0 Å². The average molecular weight is 313 g/mol. The van der Waals surface area contributed by atoms with Gasteiger partial charge in [-0.05, 0) is 0 Å². The number of halogens is 2. The van der Waals surface area contributed by atoms with Crippen LogP contribution in [-0.2, 0) is 13.8 Å². The molecule has 0 radical (unpaired) electrons. The molecule has 0 aliphatic heterocycles. The molecule has 0 unspecified atom stereocenters. The molecular weight excluding hydrogens is 307 g/mol. The van der Waals surface area contributed by atoms with E-state index in [1.54, 1.807) is 0 Å². The Labute approximate surface area is 110 Å². The number of carbonyl (C=O) groups is 1. The van der Waals surface area contributed by atoms with Crippen LogP contribution in [0.1, 0.15) is 0 Å². The Hall–Kier alpha value is -1.94. The molecule has 0 bridgehead atoms. The number of hydrogen-bond acceptors (Lipinski definition) is 6. The summed E-state index contributed by atoms with van der Waals surface area (Å²) in [4.78, 5) is 19.1. The molecule has 1 aromatic rings. The highest BCUT2D eigenvalue weighted by Gasteiger charge is 2.26. The normalized spacial score (nSPS) is 11.1. The summed E-state index contributed by atoms with van der Waals surface area (Å²) in [6, 6.07) is 0.838. The summed E-state index contributed by atoms with van der Waals surface area (Å²) in [5.41, 5.74) is 3.90. The Balaban J connectivity index is 3.38. The summed E-state index contributed by atoms with van der Waals surface area (Å²) in [5, 5.41) is 10.7. The van der Waals surface area contributed by atoms with Gasteiger partial charge in [-0.25, -0.2) is 12.8 Å². The minimum absolute atomic E-state index is 0.397. The molecule has 19 heavy (non-hydrogen) atoms. The number of benzene rings is 1. The Bertz CT molecular complexity index is 647. The van der Waals surface area contributed by atoms with Crippen molar-refractivity contribution in [2.75, 3.05) is 6.61 Å². The van der Waals surface area contributed by atoms with E-state index in [1.807, 2.05) is 0 Å². The molecule has 0 heterocycles. The molecule has 0 aliphatic carbocycles. The van der Waals surface area contributed by atoms with Crippen LogP contribution < -0.4 is 10.5 Å². The first-order valence-electron chi connectivity index (χ1n) is 4.46. The molecule has 0 spiro atoms. The SMILES string of the molecule is NC(=O)COc1cc(F)c(S(=O)(=O)Cl)cc1[N+](=O)[O-]. The first-order chi connectivity index (χ1) is 8.62. The zero-order valence-corrected chi connectivity index (χ0v) is 10.6. The van der Waals surface area contributed by atoms with Crippen molar-refractivity contribution in [3.63, 3.8) is 0 Å². The minimum Gasteiger partial charge on any atom is -0.477 e. The molecule has 2 N–H and O–H groups in total. The van der Waals surface area contributed by atoms with Crippen LogP contribution in [0.5, 0.6) is 5.75 Å². The lowest BCUT2D eigenvalue weighted by Crippen LogP contribution is -2.20. The van der Waals surface area contributed by atoms with E-state index in [2.05, 4.69) is 4.74 Å². The Morgan fingerprint density at radius 3 is 2.53 bits per heavy atom. The summed E-state index contributed by atoms with van der Waals surface area (Å²) >= 11 is 0. The summed E-state index contributed by atoms with van der Waals surface area (Å²) in [6.07, 6.45) is 0. The van der Waals surface area contributed by atoms with Crippen LogP contribution in [0.4, 0.5) is 10.1 Å². The highest BCUT2D eigenvalue weighted by atomic mass is 35.7. The Kier molecular flexibility index (Phi) is 4.27. The standard InChI is InChI=1S/C8H6ClFN2O6S/c9-19(16,17)7-2-5(12(14)15)6(1-4(7)10)18-3-8(11)13/h1-2H,3H2,(H2,11,13). The van der Waals surface area contributed by atoms with Gasteiger partial charge in [-0.1, -0.05) is 0 Å². The van der Waals surface area contributed by atoms with E-state index in [9.17, 15) is 27.7 Å². The zero-order chi connectivity index (χ0) is 14.8. The predicted octanol–water partition coefficient (Wildman–Crippen LogP) is 0.525. The number of rotatable bonds is 5. The number of amides is 1. The minimum atomic E-state index is -4.49. The monoisotopic (exact) mass is 312 g/mol. The third kappa shape index (κ3) is 3.76. The lowest BCUT2D eigenvalue weighted by molar-refractivity contribution is -0.386. The van der Waals surface area contributed by atoms with Crippen molar-refractivity contribution in [3.8, 4) is 5.75 Å². The van der Waals surface area contributed by atoms with Crippen molar-refractivity contribution in [1.29, 1.82) is 0 Å². The van der Waals surface area contributed by atoms with Gasteiger partial charge in [0.05, 0.1) is 4.92 Å². The largest absolute Gasteiger partial charge is 0.477 e. The Morgan fingerprint density at radius 2 is 2.11 bits per heavy atom. The molecule has 1 rings (SSSR count). The van der Waals surface area contributed by atoms with Gasteiger partial charge in [-0.2, -0.15) is 0 Å². The molecule has 1 aromatic carbocycles. The van der Waals surface area contributed by atoms with E-state index in [0.29, 0.717) is 12.1 Å². The number of nitrogens with two attached hydrogens (primary N) is 1. The highest BCUT2D eigenvalue weighted by Crippen LogP contribution is 2.33. The van der Waals surface area contributed by atoms with Crippen LogP contribution >= 0.6 is 10.7 Å². The average Bonchev–Trinajstić information content (AvgIpc) is 2.23. The summed E-state index contributed by atoms with van der Waals surface area (Å²) in [6.45, 7) is -0.729. The van der Waals surface area contributed by atoms with Crippen molar-refractivity contribution in [2.45, 2.75) is 4.90 Å². The number of hydrogen-bond donors (Lipinski definition) is 1. The maximum absolute atomic E-state index is 13.4. The van der Waals surface area contributed by atoms with E-state index in [4.69, 9.17) is 16.4 Å². The van der Waals surface area contributed by atoms with Crippen LogP contribution in [0, 0.1) is 15.9 Å².